The van der Waals surface area contributed by atoms with Crippen molar-refractivity contribution in [1.82, 2.24) is 29.2 Å². The van der Waals surface area contributed by atoms with Crippen LogP contribution in [0.4, 0.5) is 0 Å². The fraction of sp³-hybridized carbons (Fsp3) is 0.500. The van der Waals surface area contributed by atoms with Crippen LogP contribution in [0.5, 0.6) is 0 Å². The third kappa shape index (κ3) is 6.10. The number of rotatable bonds is 10. The van der Waals surface area contributed by atoms with Crippen molar-refractivity contribution in [3.05, 3.63) is 53.7 Å². The first-order valence-electron chi connectivity index (χ1n) is 11.9. The summed E-state index contributed by atoms with van der Waals surface area (Å²) in [6.45, 7) is 6.98. The number of aromatic nitrogens is 6. The first kappa shape index (κ1) is 25.1. The molecule has 0 saturated heterocycles. The fourth-order valence-corrected chi connectivity index (χ4v) is 21.0. The van der Waals surface area contributed by atoms with Gasteiger partial charge >= 0.3 is 139 Å². The standard InChI is InChI=1S/C6H4BrN3.C6H4N3.3C4H9.Sn/c7-5-2-1-3-6-8-4-9-10(5)6;1-2-4-9-6(3-1)7-5-8-9;3*1-3-4-2;/h1-4H;1-3,5H;3*1,3-4H2,2H3;. The molecule has 0 bridgehead atoms. The number of halogens is 1. The minimum absolute atomic E-state index is 0.856. The van der Waals surface area contributed by atoms with E-state index in [0.717, 1.165) is 15.9 Å². The van der Waals surface area contributed by atoms with Crippen LogP contribution < -0.4 is 3.71 Å². The number of nitrogens with zero attached hydrogens (tertiary/aromatic N) is 6. The van der Waals surface area contributed by atoms with E-state index in [1.54, 1.807) is 14.6 Å². The first-order chi connectivity index (χ1) is 15.6. The van der Waals surface area contributed by atoms with E-state index < -0.39 is 18.4 Å². The Morgan fingerprint density at radius 2 is 1.22 bits per heavy atom. The Balaban J connectivity index is 0.000000238. The maximum atomic E-state index is 4.57. The summed E-state index contributed by atoms with van der Waals surface area (Å²) in [5.41, 5.74) is 1.89. The van der Waals surface area contributed by atoms with Crippen LogP contribution in [0.25, 0.3) is 11.3 Å². The number of unbranched alkanes of at least 4 members (excludes halogenated alkanes) is 3. The van der Waals surface area contributed by atoms with Gasteiger partial charge in [0.2, 0.25) is 0 Å². The van der Waals surface area contributed by atoms with Crippen LogP contribution in [0.2, 0.25) is 13.3 Å². The molecular weight excluding hydrogens is 571 g/mol. The monoisotopic (exact) mass is 606 g/mol. The van der Waals surface area contributed by atoms with Crippen molar-refractivity contribution < 1.29 is 0 Å². The van der Waals surface area contributed by atoms with E-state index in [4.69, 9.17) is 0 Å². The van der Waals surface area contributed by atoms with Crippen molar-refractivity contribution in [2.45, 2.75) is 72.6 Å². The summed E-state index contributed by atoms with van der Waals surface area (Å²) in [5, 5.41) is 8.54. The van der Waals surface area contributed by atoms with E-state index in [9.17, 15) is 0 Å². The normalized spacial score (nSPS) is 11.6. The Morgan fingerprint density at radius 1 is 0.719 bits per heavy atom. The zero-order valence-corrected chi connectivity index (χ0v) is 24.0. The van der Waals surface area contributed by atoms with E-state index in [0.29, 0.717) is 0 Å². The number of hydrogen-bond acceptors (Lipinski definition) is 4. The molecule has 4 aromatic heterocycles. The van der Waals surface area contributed by atoms with Crippen molar-refractivity contribution in [1.29, 1.82) is 0 Å². The van der Waals surface area contributed by atoms with Crippen molar-refractivity contribution in [2.75, 3.05) is 0 Å². The SMILES string of the molecule is Brc1cccc2ncnn12.CCC[CH2][Sn]([CH2]CCC)([CH2]CCC)[c]1cccc2ncnn12. The molecule has 0 spiro atoms. The molecule has 0 radical (unpaired) electrons. The van der Waals surface area contributed by atoms with Crippen molar-refractivity contribution in [3.63, 3.8) is 0 Å². The molecule has 6 nitrogen and oxygen atoms in total. The number of fused-ring (bicyclic) bond motifs is 2. The van der Waals surface area contributed by atoms with Crippen LogP contribution in [-0.2, 0) is 0 Å². The van der Waals surface area contributed by atoms with Crippen LogP contribution in [0, 0.1) is 0 Å². The zero-order valence-electron chi connectivity index (χ0n) is 19.5. The predicted molar refractivity (Wildman–Crippen MR) is 138 cm³/mol. The van der Waals surface area contributed by atoms with E-state index >= 15 is 0 Å². The summed E-state index contributed by atoms with van der Waals surface area (Å²) in [7, 11) is 0. The quantitative estimate of drug-likeness (QED) is 0.158. The van der Waals surface area contributed by atoms with Gasteiger partial charge in [-0.3, -0.25) is 0 Å². The summed E-state index contributed by atoms with van der Waals surface area (Å²) in [5.74, 6) is 0. The van der Waals surface area contributed by atoms with E-state index in [1.807, 2.05) is 18.2 Å². The molecular formula is C24H35BrN6Sn. The molecule has 32 heavy (non-hydrogen) atoms. The average molecular weight is 606 g/mol. The molecule has 0 unspecified atom stereocenters. The van der Waals surface area contributed by atoms with Gasteiger partial charge < -0.3 is 0 Å². The van der Waals surface area contributed by atoms with Gasteiger partial charge in [0.1, 0.15) is 10.9 Å². The van der Waals surface area contributed by atoms with Gasteiger partial charge in [-0.25, -0.2) is 9.50 Å². The molecule has 0 aliphatic carbocycles. The van der Waals surface area contributed by atoms with Crippen LogP contribution in [0.1, 0.15) is 59.3 Å². The van der Waals surface area contributed by atoms with Gasteiger partial charge in [0, 0.05) is 0 Å². The van der Waals surface area contributed by atoms with Gasteiger partial charge in [0.05, 0.1) is 0 Å². The molecule has 4 rings (SSSR count). The van der Waals surface area contributed by atoms with Gasteiger partial charge in [-0.05, 0) is 28.1 Å². The van der Waals surface area contributed by atoms with Crippen LogP contribution in [0.15, 0.2) is 53.7 Å². The Morgan fingerprint density at radius 3 is 1.75 bits per heavy atom. The molecule has 0 saturated carbocycles. The fourth-order valence-electron chi connectivity index (χ4n) is 4.36. The third-order valence-corrected chi connectivity index (χ3v) is 22.1. The minimum atomic E-state index is -2.40. The van der Waals surface area contributed by atoms with Gasteiger partial charge in [-0.15, -0.1) is 0 Å². The molecule has 0 atom stereocenters. The van der Waals surface area contributed by atoms with Gasteiger partial charge in [-0.1, -0.05) is 6.07 Å². The molecule has 0 aliphatic rings. The molecule has 8 heteroatoms. The average Bonchev–Trinajstić information content (AvgIpc) is 3.49. The molecule has 0 amide bonds. The van der Waals surface area contributed by atoms with Gasteiger partial charge in [-0.2, -0.15) is 5.10 Å². The summed E-state index contributed by atoms with van der Waals surface area (Å²) < 4.78 is 10.8. The molecule has 0 N–H and O–H groups in total. The summed E-state index contributed by atoms with van der Waals surface area (Å²) >= 11 is 0.932. The maximum absolute atomic E-state index is 4.57. The second-order valence-corrected chi connectivity index (χ2v) is 22.3. The van der Waals surface area contributed by atoms with E-state index in [1.165, 1.54) is 58.2 Å². The number of pyridine rings is 2. The predicted octanol–water partition coefficient (Wildman–Crippen LogP) is 6.28. The Hall–Kier alpha value is -1.48. The van der Waals surface area contributed by atoms with Crippen molar-refractivity contribution in [3.8, 4) is 0 Å². The van der Waals surface area contributed by atoms with Crippen LogP contribution >= 0.6 is 15.9 Å². The van der Waals surface area contributed by atoms with Crippen LogP contribution in [-0.4, -0.2) is 47.6 Å². The van der Waals surface area contributed by atoms with Crippen molar-refractivity contribution in [2.24, 2.45) is 0 Å². The molecule has 0 fully saturated rings. The topological polar surface area (TPSA) is 60.4 Å². The first-order valence-corrected chi connectivity index (χ1v) is 20.2. The van der Waals surface area contributed by atoms with E-state index in [2.05, 4.69) is 79.6 Å². The molecule has 172 valence electrons. The Labute approximate surface area is 203 Å². The van der Waals surface area contributed by atoms with Gasteiger partial charge in [0.15, 0.2) is 5.65 Å². The zero-order chi connectivity index (χ0) is 22.8. The molecule has 4 heterocycles. The second-order valence-electron chi connectivity index (χ2n) is 8.41. The van der Waals surface area contributed by atoms with Crippen molar-refractivity contribution >= 4 is 49.3 Å². The molecule has 4 aromatic rings. The molecule has 0 aromatic carbocycles. The van der Waals surface area contributed by atoms with Gasteiger partial charge in [0.25, 0.3) is 0 Å². The Bertz CT molecular complexity index is 1070. The summed E-state index contributed by atoms with van der Waals surface area (Å²) in [6, 6.07) is 12.4. The third-order valence-electron chi connectivity index (χ3n) is 6.13. The van der Waals surface area contributed by atoms with Crippen LogP contribution in [0.3, 0.4) is 0 Å². The second kappa shape index (κ2) is 12.7. The molecule has 0 aliphatic heterocycles. The number of hydrogen-bond donors (Lipinski definition) is 0. The Kier molecular flexibility index (Phi) is 9.96. The summed E-state index contributed by atoms with van der Waals surface area (Å²) in [4.78, 5) is 8.42. The summed E-state index contributed by atoms with van der Waals surface area (Å²) in [6.07, 6.45) is 11.3. The van der Waals surface area contributed by atoms with E-state index in [-0.39, 0.29) is 0 Å².